The summed E-state index contributed by atoms with van der Waals surface area (Å²) in [6.45, 7) is -0.494. The molecule has 0 atom stereocenters. The third kappa shape index (κ3) is 3.97. The zero-order chi connectivity index (χ0) is 21.1. The Kier molecular flexibility index (Phi) is 5.64. The Balaban J connectivity index is 2.00. The molecular formula is C19H19N3O7. The van der Waals surface area contributed by atoms with Crippen molar-refractivity contribution in [3.63, 3.8) is 0 Å². The Morgan fingerprint density at radius 1 is 1.14 bits per heavy atom. The van der Waals surface area contributed by atoms with Crippen LogP contribution >= 0.6 is 0 Å². The zero-order valence-corrected chi connectivity index (χ0v) is 15.5. The van der Waals surface area contributed by atoms with Gasteiger partial charge in [0.25, 0.3) is 17.4 Å². The van der Waals surface area contributed by atoms with Gasteiger partial charge < -0.3 is 30.2 Å². The van der Waals surface area contributed by atoms with Crippen molar-refractivity contribution in [2.24, 2.45) is 0 Å². The van der Waals surface area contributed by atoms with Crippen molar-refractivity contribution in [1.29, 1.82) is 0 Å². The second kappa shape index (κ2) is 8.15. The fraction of sp³-hybridized carbons (Fsp3) is 0.263. The van der Waals surface area contributed by atoms with Gasteiger partial charge in [-0.1, -0.05) is 12.1 Å². The first-order chi connectivity index (χ1) is 13.8. The summed E-state index contributed by atoms with van der Waals surface area (Å²) in [5, 5.41) is 23.7. The van der Waals surface area contributed by atoms with Gasteiger partial charge in [-0.25, -0.2) is 0 Å². The highest BCUT2D eigenvalue weighted by Crippen LogP contribution is 2.30. The summed E-state index contributed by atoms with van der Waals surface area (Å²) < 4.78 is 6.64. The van der Waals surface area contributed by atoms with Crippen molar-refractivity contribution in [3.05, 3.63) is 62.6 Å². The predicted octanol–water partition coefficient (Wildman–Crippen LogP) is -0.194. The van der Waals surface area contributed by atoms with Gasteiger partial charge in [-0.05, 0) is 17.7 Å². The molecule has 0 saturated heterocycles. The minimum Gasteiger partial charge on any atom is -0.506 e. The van der Waals surface area contributed by atoms with E-state index < -0.39 is 35.3 Å². The molecule has 0 aliphatic carbocycles. The van der Waals surface area contributed by atoms with Crippen LogP contribution in [0.15, 0.2) is 29.1 Å². The Morgan fingerprint density at radius 2 is 1.83 bits per heavy atom. The standard InChI is InChI=1S/C19H19N3O7/c1-20-17(26)11-4-2-10(3-5-11)7-22-13-9-29-8-12(13)16(25)15(19(22)28)18(27)21-6-14(23)24/h2-5,25H,6-9H2,1H3,(H,20,26)(H,21,27)(H,23,24). The molecule has 1 aromatic heterocycles. The highest BCUT2D eigenvalue weighted by molar-refractivity contribution is 5.98. The van der Waals surface area contributed by atoms with Gasteiger partial charge in [0.05, 0.1) is 25.5 Å². The maximum absolute atomic E-state index is 12.9. The summed E-state index contributed by atoms with van der Waals surface area (Å²) in [5.74, 6) is -3.01. The number of nitrogens with one attached hydrogen (secondary N) is 2. The van der Waals surface area contributed by atoms with Gasteiger partial charge in [0.15, 0.2) is 0 Å². The number of fused-ring (bicyclic) bond motifs is 1. The minimum absolute atomic E-state index is 0.0241. The molecule has 0 unspecified atom stereocenters. The third-order valence-electron chi connectivity index (χ3n) is 4.55. The number of carboxylic acid groups (broad SMARTS) is 1. The Bertz CT molecular complexity index is 1040. The molecule has 0 spiro atoms. The topological polar surface area (TPSA) is 147 Å². The van der Waals surface area contributed by atoms with E-state index >= 15 is 0 Å². The molecule has 10 heteroatoms. The van der Waals surface area contributed by atoms with Crippen LogP contribution < -0.4 is 16.2 Å². The molecule has 2 heterocycles. The van der Waals surface area contributed by atoms with Gasteiger partial charge in [0.2, 0.25) is 0 Å². The van der Waals surface area contributed by atoms with Crippen LogP contribution in [0, 0.1) is 0 Å². The maximum Gasteiger partial charge on any atom is 0.322 e. The van der Waals surface area contributed by atoms with Crippen LogP contribution in [-0.4, -0.2) is 46.2 Å². The zero-order valence-electron chi connectivity index (χ0n) is 15.5. The van der Waals surface area contributed by atoms with Crippen LogP contribution in [-0.2, 0) is 29.3 Å². The van der Waals surface area contributed by atoms with Gasteiger partial charge in [-0.2, -0.15) is 0 Å². The fourth-order valence-electron chi connectivity index (χ4n) is 3.08. The van der Waals surface area contributed by atoms with Crippen LogP contribution in [0.1, 0.15) is 37.5 Å². The SMILES string of the molecule is CNC(=O)c1ccc(Cn2c3c(c(O)c(C(=O)NCC(=O)O)c2=O)COC3)cc1. The number of ether oxygens (including phenoxy) is 1. The normalized spacial score (nSPS) is 12.3. The lowest BCUT2D eigenvalue weighted by atomic mass is 10.1. The Labute approximate surface area is 164 Å². The summed E-state index contributed by atoms with van der Waals surface area (Å²) in [4.78, 5) is 47.6. The molecule has 2 amide bonds. The van der Waals surface area contributed by atoms with E-state index in [0.717, 1.165) is 0 Å². The summed E-state index contributed by atoms with van der Waals surface area (Å²) in [7, 11) is 1.52. The molecule has 0 saturated carbocycles. The number of benzene rings is 1. The molecular weight excluding hydrogens is 382 g/mol. The minimum atomic E-state index is -1.28. The number of carboxylic acids is 1. The molecule has 1 aliphatic rings. The van der Waals surface area contributed by atoms with E-state index in [1.54, 1.807) is 24.3 Å². The highest BCUT2D eigenvalue weighted by atomic mass is 16.5. The molecule has 3 rings (SSSR count). The number of carbonyl (C=O) groups excluding carboxylic acids is 2. The molecule has 0 fully saturated rings. The first-order valence-corrected chi connectivity index (χ1v) is 8.69. The van der Waals surface area contributed by atoms with Crippen molar-refractivity contribution in [2.45, 2.75) is 19.8 Å². The summed E-state index contributed by atoms with van der Waals surface area (Å²) >= 11 is 0. The molecule has 10 nitrogen and oxygen atoms in total. The van der Waals surface area contributed by atoms with E-state index in [9.17, 15) is 24.3 Å². The van der Waals surface area contributed by atoms with E-state index in [1.165, 1.54) is 11.6 Å². The average Bonchev–Trinajstić information content (AvgIpc) is 3.19. The third-order valence-corrected chi connectivity index (χ3v) is 4.55. The summed E-state index contributed by atoms with van der Waals surface area (Å²) in [6, 6.07) is 6.57. The number of aromatic nitrogens is 1. The van der Waals surface area contributed by atoms with Gasteiger partial charge in [0.1, 0.15) is 17.9 Å². The predicted molar refractivity (Wildman–Crippen MR) is 99.8 cm³/mol. The molecule has 1 aromatic carbocycles. The smallest absolute Gasteiger partial charge is 0.322 e. The second-order valence-electron chi connectivity index (χ2n) is 6.39. The molecule has 2 aromatic rings. The van der Waals surface area contributed by atoms with E-state index in [0.29, 0.717) is 22.4 Å². The lowest BCUT2D eigenvalue weighted by Gasteiger charge is -2.15. The fourth-order valence-corrected chi connectivity index (χ4v) is 3.08. The van der Waals surface area contributed by atoms with E-state index in [1.807, 2.05) is 0 Å². The van der Waals surface area contributed by atoms with Crippen molar-refractivity contribution >= 4 is 17.8 Å². The van der Waals surface area contributed by atoms with Crippen molar-refractivity contribution in [1.82, 2.24) is 15.2 Å². The van der Waals surface area contributed by atoms with Gasteiger partial charge in [-0.15, -0.1) is 0 Å². The number of hydrogen-bond donors (Lipinski definition) is 4. The van der Waals surface area contributed by atoms with E-state index in [-0.39, 0.29) is 25.7 Å². The number of carbonyl (C=O) groups is 3. The number of rotatable bonds is 6. The van der Waals surface area contributed by atoms with Crippen LogP contribution in [0.25, 0.3) is 0 Å². The quantitative estimate of drug-likeness (QED) is 0.524. The first-order valence-electron chi connectivity index (χ1n) is 8.69. The van der Waals surface area contributed by atoms with E-state index in [4.69, 9.17) is 9.84 Å². The monoisotopic (exact) mass is 401 g/mol. The first kappa shape index (κ1) is 20.1. The van der Waals surface area contributed by atoms with Crippen molar-refractivity contribution in [2.75, 3.05) is 13.6 Å². The maximum atomic E-state index is 12.9. The lowest BCUT2D eigenvalue weighted by molar-refractivity contribution is -0.135. The Morgan fingerprint density at radius 3 is 2.45 bits per heavy atom. The van der Waals surface area contributed by atoms with Crippen molar-refractivity contribution < 1.29 is 29.3 Å². The highest BCUT2D eigenvalue weighted by Gasteiger charge is 2.29. The molecule has 4 N–H and O–H groups in total. The number of nitrogens with zero attached hydrogens (tertiary/aromatic N) is 1. The molecule has 152 valence electrons. The number of aromatic hydroxyl groups is 1. The number of aliphatic carboxylic acids is 1. The summed E-state index contributed by atoms with van der Waals surface area (Å²) in [6.07, 6.45) is 0. The van der Waals surface area contributed by atoms with E-state index in [2.05, 4.69) is 10.6 Å². The number of pyridine rings is 1. The molecule has 29 heavy (non-hydrogen) atoms. The largest absolute Gasteiger partial charge is 0.506 e. The van der Waals surface area contributed by atoms with Crippen LogP contribution in [0.5, 0.6) is 5.75 Å². The average molecular weight is 401 g/mol. The lowest BCUT2D eigenvalue weighted by Crippen LogP contribution is -2.37. The van der Waals surface area contributed by atoms with Crippen LogP contribution in [0.3, 0.4) is 0 Å². The second-order valence-corrected chi connectivity index (χ2v) is 6.39. The Hall–Kier alpha value is -3.66. The van der Waals surface area contributed by atoms with Crippen molar-refractivity contribution in [3.8, 4) is 5.75 Å². The van der Waals surface area contributed by atoms with Crippen LogP contribution in [0.2, 0.25) is 0 Å². The molecule has 0 bridgehead atoms. The van der Waals surface area contributed by atoms with Crippen LogP contribution in [0.4, 0.5) is 0 Å². The van der Waals surface area contributed by atoms with Gasteiger partial charge >= 0.3 is 5.97 Å². The van der Waals surface area contributed by atoms with Gasteiger partial charge in [-0.3, -0.25) is 19.2 Å². The van der Waals surface area contributed by atoms with Gasteiger partial charge in [0, 0.05) is 18.2 Å². The molecule has 1 aliphatic heterocycles. The molecule has 0 radical (unpaired) electrons. The number of hydrogen-bond acceptors (Lipinski definition) is 6. The number of amides is 2. The summed E-state index contributed by atoms with van der Waals surface area (Å²) in [5.41, 5.74) is 0.611.